The van der Waals surface area contributed by atoms with Gasteiger partial charge in [0, 0.05) is 17.1 Å². The summed E-state index contributed by atoms with van der Waals surface area (Å²) >= 11 is 0. The van der Waals surface area contributed by atoms with Crippen molar-refractivity contribution in [1.29, 1.82) is 0 Å². The van der Waals surface area contributed by atoms with E-state index < -0.39 is 30.7 Å². The molecule has 1 fully saturated rings. The predicted octanol–water partition coefficient (Wildman–Crippen LogP) is 8.42. The second kappa shape index (κ2) is 18.1. The Bertz CT molecular complexity index is 1870. The number of fused-ring (bicyclic) bond motifs is 1. The monoisotopic (exact) mass is 683 g/mol. The summed E-state index contributed by atoms with van der Waals surface area (Å²) in [5.41, 5.74) is 6.54. The lowest BCUT2D eigenvalue weighted by Crippen LogP contribution is -2.61. The first-order chi connectivity index (χ1) is 25.3. The Hall–Kier alpha value is -4.60. The number of aromatic amines is 1. The Kier molecular flexibility index (Phi) is 12.3. The lowest BCUT2D eigenvalue weighted by Gasteiger charge is -2.46. The summed E-state index contributed by atoms with van der Waals surface area (Å²) < 4.78 is 40.1. The molecule has 6 aromatic rings. The van der Waals surface area contributed by atoms with Crippen LogP contribution >= 0.6 is 0 Å². The van der Waals surface area contributed by atoms with E-state index in [-0.39, 0.29) is 6.61 Å². The van der Waals surface area contributed by atoms with Crippen molar-refractivity contribution in [2.75, 3.05) is 13.2 Å². The van der Waals surface area contributed by atoms with Crippen LogP contribution in [0.1, 0.15) is 27.8 Å². The maximum absolute atomic E-state index is 6.84. The first-order valence-electron chi connectivity index (χ1n) is 17.7. The van der Waals surface area contributed by atoms with E-state index in [1.165, 1.54) is 10.9 Å². The Balaban J connectivity index is 1.17. The molecule has 2 heterocycles. The molecular formula is C44H45NO6. The predicted molar refractivity (Wildman–Crippen MR) is 198 cm³/mol. The molecule has 0 saturated carbocycles. The number of para-hydroxylation sites is 1. The first kappa shape index (κ1) is 34.8. The molecule has 51 heavy (non-hydrogen) atoms. The van der Waals surface area contributed by atoms with Gasteiger partial charge in [0.25, 0.3) is 0 Å². The fourth-order valence-electron chi connectivity index (χ4n) is 6.50. The number of hydrogen-bond acceptors (Lipinski definition) is 6. The number of nitrogens with one attached hydrogen (secondary N) is 1. The highest BCUT2D eigenvalue weighted by molar-refractivity contribution is 5.83. The lowest BCUT2D eigenvalue weighted by molar-refractivity contribution is -0.328. The Morgan fingerprint density at radius 2 is 0.980 bits per heavy atom. The summed E-state index contributed by atoms with van der Waals surface area (Å²) in [6.45, 7) is 2.28. The van der Waals surface area contributed by atoms with E-state index in [0.29, 0.717) is 39.5 Å². The molecular weight excluding hydrogens is 638 g/mol. The van der Waals surface area contributed by atoms with Gasteiger partial charge >= 0.3 is 0 Å². The van der Waals surface area contributed by atoms with Crippen LogP contribution in [0.2, 0.25) is 0 Å². The molecule has 5 aromatic carbocycles. The summed E-state index contributed by atoms with van der Waals surface area (Å²) in [6.07, 6.45) is -0.113. The van der Waals surface area contributed by atoms with Crippen LogP contribution in [-0.2, 0) is 61.3 Å². The van der Waals surface area contributed by atoms with Gasteiger partial charge < -0.3 is 33.4 Å². The van der Waals surface area contributed by atoms with Gasteiger partial charge in [-0.05, 0) is 40.3 Å². The summed E-state index contributed by atoms with van der Waals surface area (Å²) in [6, 6.07) is 48.9. The van der Waals surface area contributed by atoms with Gasteiger partial charge in [-0.2, -0.15) is 0 Å². The highest BCUT2D eigenvalue weighted by Gasteiger charge is 2.49. The SMILES string of the molecule is c1ccc(COC[C@H]2OC(OCCc3c[nH]c4ccccc34)[C@H](OCc3ccccc3)[C@@H](OCc3ccccc3)[C@@H]2OCc2ccccc2)cc1. The molecule has 0 radical (unpaired) electrons. The van der Waals surface area contributed by atoms with E-state index in [1.807, 2.05) is 78.9 Å². The van der Waals surface area contributed by atoms with Crippen molar-refractivity contribution in [1.82, 2.24) is 4.98 Å². The number of H-pyrrole nitrogens is 1. The topological polar surface area (TPSA) is 71.2 Å². The summed E-state index contributed by atoms with van der Waals surface area (Å²) in [5, 5.41) is 1.19. The number of hydrogen-bond donors (Lipinski definition) is 1. The lowest BCUT2D eigenvalue weighted by atomic mass is 9.97. The Morgan fingerprint density at radius 3 is 1.57 bits per heavy atom. The number of ether oxygens (including phenoxy) is 6. The maximum Gasteiger partial charge on any atom is 0.186 e. The van der Waals surface area contributed by atoms with Crippen molar-refractivity contribution in [3.05, 3.63) is 180 Å². The third-order valence-electron chi connectivity index (χ3n) is 9.17. The molecule has 1 unspecified atom stereocenters. The van der Waals surface area contributed by atoms with E-state index in [9.17, 15) is 0 Å². The van der Waals surface area contributed by atoms with Gasteiger partial charge in [-0.3, -0.25) is 0 Å². The van der Waals surface area contributed by atoms with Crippen LogP contribution in [0.3, 0.4) is 0 Å². The molecule has 1 aromatic heterocycles. The van der Waals surface area contributed by atoms with Crippen LogP contribution < -0.4 is 0 Å². The van der Waals surface area contributed by atoms with Gasteiger partial charge in [0.05, 0.1) is 39.6 Å². The van der Waals surface area contributed by atoms with Crippen LogP contribution in [-0.4, -0.2) is 48.9 Å². The Labute approximate surface area is 300 Å². The average Bonchev–Trinajstić information content (AvgIpc) is 3.60. The van der Waals surface area contributed by atoms with E-state index in [2.05, 4.69) is 77.9 Å². The van der Waals surface area contributed by atoms with Crippen LogP contribution in [0.4, 0.5) is 0 Å². The second-order valence-electron chi connectivity index (χ2n) is 12.8. The minimum Gasteiger partial charge on any atom is -0.374 e. The minimum atomic E-state index is -0.735. The Morgan fingerprint density at radius 1 is 0.490 bits per heavy atom. The van der Waals surface area contributed by atoms with Crippen LogP contribution in [0.15, 0.2) is 152 Å². The smallest absolute Gasteiger partial charge is 0.186 e. The normalized spacial score (nSPS) is 20.4. The fourth-order valence-corrected chi connectivity index (χ4v) is 6.50. The third-order valence-corrected chi connectivity index (χ3v) is 9.17. The first-order valence-corrected chi connectivity index (χ1v) is 17.7. The number of benzene rings is 5. The van der Waals surface area contributed by atoms with Gasteiger partial charge in [-0.15, -0.1) is 0 Å². The van der Waals surface area contributed by atoms with Crippen LogP contribution in [0.5, 0.6) is 0 Å². The minimum absolute atomic E-state index is 0.285. The van der Waals surface area contributed by atoms with E-state index in [1.54, 1.807) is 0 Å². The maximum atomic E-state index is 6.84. The van der Waals surface area contributed by atoms with Crippen molar-refractivity contribution in [3.8, 4) is 0 Å². The molecule has 5 atom stereocenters. The number of rotatable bonds is 17. The molecule has 1 aliphatic rings. The highest BCUT2D eigenvalue weighted by Crippen LogP contribution is 2.32. The molecule has 1 saturated heterocycles. The van der Waals surface area contributed by atoms with E-state index >= 15 is 0 Å². The molecule has 0 amide bonds. The van der Waals surface area contributed by atoms with Gasteiger partial charge in [0.2, 0.25) is 0 Å². The summed E-state index contributed by atoms with van der Waals surface area (Å²) in [7, 11) is 0. The zero-order valence-corrected chi connectivity index (χ0v) is 28.7. The zero-order chi connectivity index (χ0) is 34.5. The molecule has 7 heteroatoms. The summed E-state index contributed by atoms with van der Waals surface area (Å²) in [4.78, 5) is 3.38. The van der Waals surface area contributed by atoms with Crippen molar-refractivity contribution < 1.29 is 28.4 Å². The van der Waals surface area contributed by atoms with Gasteiger partial charge in [-0.25, -0.2) is 0 Å². The second-order valence-corrected chi connectivity index (χ2v) is 12.8. The van der Waals surface area contributed by atoms with E-state index in [4.69, 9.17) is 28.4 Å². The molecule has 0 aliphatic carbocycles. The highest BCUT2D eigenvalue weighted by atomic mass is 16.7. The third kappa shape index (κ3) is 9.60. The molecule has 7 nitrogen and oxygen atoms in total. The average molecular weight is 684 g/mol. The quantitative estimate of drug-likeness (QED) is 0.104. The van der Waals surface area contributed by atoms with Gasteiger partial charge in [-0.1, -0.05) is 140 Å². The van der Waals surface area contributed by atoms with Crippen molar-refractivity contribution in [2.24, 2.45) is 0 Å². The number of aromatic nitrogens is 1. The molecule has 0 bridgehead atoms. The molecule has 7 rings (SSSR count). The van der Waals surface area contributed by atoms with E-state index in [0.717, 1.165) is 27.8 Å². The fraction of sp³-hybridized carbons (Fsp3) is 0.273. The molecule has 262 valence electrons. The largest absolute Gasteiger partial charge is 0.374 e. The van der Waals surface area contributed by atoms with Crippen molar-refractivity contribution in [2.45, 2.75) is 63.6 Å². The molecule has 0 spiro atoms. The standard InChI is InChI=1S/C44H45NO6/c1-5-15-33(16-6-1)28-46-32-40-41(48-29-34-17-7-2-8-18-34)42(49-30-35-19-9-3-10-20-35)43(50-31-36-21-11-4-12-22-36)44(51-40)47-26-25-37-27-45-39-24-14-13-23-38(37)39/h1-24,27,40-45H,25-26,28-32H2/t40-,41-,42+,43-,44?/m1/s1. The summed E-state index contributed by atoms with van der Waals surface area (Å²) in [5.74, 6) is 0. The molecule has 1 N–H and O–H groups in total. The van der Waals surface area contributed by atoms with Crippen LogP contribution in [0.25, 0.3) is 10.9 Å². The van der Waals surface area contributed by atoms with Crippen molar-refractivity contribution in [3.63, 3.8) is 0 Å². The van der Waals surface area contributed by atoms with Gasteiger partial charge in [0.15, 0.2) is 6.29 Å². The van der Waals surface area contributed by atoms with Crippen LogP contribution in [0, 0.1) is 0 Å². The zero-order valence-electron chi connectivity index (χ0n) is 28.7. The van der Waals surface area contributed by atoms with Gasteiger partial charge in [0.1, 0.15) is 24.4 Å². The molecule has 1 aliphatic heterocycles. The van der Waals surface area contributed by atoms with Crippen molar-refractivity contribution >= 4 is 10.9 Å².